The fourth-order valence-electron chi connectivity index (χ4n) is 3.32. The highest BCUT2D eigenvalue weighted by Gasteiger charge is 2.26. The Bertz CT molecular complexity index is 717. The van der Waals surface area contributed by atoms with Crippen LogP contribution in [0, 0.1) is 0 Å². The van der Waals surface area contributed by atoms with E-state index in [-0.39, 0.29) is 31.1 Å². The first-order chi connectivity index (χ1) is 11.8. The van der Waals surface area contributed by atoms with Crippen LogP contribution in [0.25, 0.3) is 0 Å². The number of carbonyl (C=O) groups excluding carboxylic acids is 1. The molecule has 4 rings (SSSR count). The maximum atomic E-state index is 12.3. The van der Waals surface area contributed by atoms with Crippen molar-refractivity contribution in [2.75, 3.05) is 26.4 Å². The number of hydrogen-bond acceptors (Lipinski definition) is 5. The highest BCUT2D eigenvalue weighted by Crippen LogP contribution is 2.36. The number of amides is 1. The van der Waals surface area contributed by atoms with Crippen molar-refractivity contribution < 1.29 is 14.3 Å². The lowest BCUT2D eigenvalue weighted by Crippen LogP contribution is -2.36. The van der Waals surface area contributed by atoms with E-state index in [0.717, 1.165) is 35.0 Å². The van der Waals surface area contributed by atoms with Gasteiger partial charge in [-0.25, -0.2) is 0 Å². The third kappa shape index (κ3) is 3.92. The van der Waals surface area contributed by atoms with Crippen molar-refractivity contribution in [1.29, 1.82) is 0 Å². The van der Waals surface area contributed by atoms with Crippen LogP contribution in [0.2, 0.25) is 0 Å². The number of likely N-dealkylation sites (tertiary alicyclic amines) is 1. The van der Waals surface area contributed by atoms with Crippen molar-refractivity contribution in [3.63, 3.8) is 0 Å². The minimum absolute atomic E-state index is 0. The van der Waals surface area contributed by atoms with Crippen LogP contribution < -0.4 is 14.8 Å². The molecular weight excluding hydrogens is 360 g/mol. The number of rotatable bonds is 5. The van der Waals surface area contributed by atoms with Crippen LogP contribution in [0.5, 0.6) is 11.5 Å². The van der Waals surface area contributed by atoms with E-state index >= 15 is 0 Å². The van der Waals surface area contributed by atoms with Gasteiger partial charge in [-0.1, -0.05) is 12.1 Å². The third-order valence-corrected chi connectivity index (χ3v) is 5.43. The van der Waals surface area contributed by atoms with Gasteiger partial charge in [0, 0.05) is 6.54 Å². The Labute approximate surface area is 157 Å². The number of halogens is 1. The average molecular weight is 381 g/mol. The van der Waals surface area contributed by atoms with E-state index in [2.05, 4.69) is 16.3 Å². The summed E-state index contributed by atoms with van der Waals surface area (Å²) in [5.74, 6) is 1.58. The maximum absolute atomic E-state index is 12.3. The van der Waals surface area contributed by atoms with Gasteiger partial charge in [0.25, 0.3) is 5.91 Å². The zero-order valence-electron chi connectivity index (χ0n) is 13.8. The fourth-order valence-corrected chi connectivity index (χ4v) is 3.96. The van der Waals surface area contributed by atoms with Crippen LogP contribution in [0.3, 0.4) is 0 Å². The van der Waals surface area contributed by atoms with Gasteiger partial charge in [0.05, 0.1) is 10.9 Å². The van der Waals surface area contributed by atoms with Crippen LogP contribution in [0.1, 0.15) is 34.1 Å². The zero-order chi connectivity index (χ0) is 16.4. The molecule has 1 fully saturated rings. The monoisotopic (exact) mass is 380 g/mol. The van der Waals surface area contributed by atoms with Crippen molar-refractivity contribution in [3.05, 3.63) is 46.2 Å². The van der Waals surface area contributed by atoms with Gasteiger partial charge in [-0.15, -0.1) is 23.7 Å². The molecule has 1 aromatic heterocycles. The molecule has 1 aromatic carbocycles. The summed E-state index contributed by atoms with van der Waals surface area (Å²) in [7, 11) is 0. The topological polar surface area (TPSA) is 50.8 Å². The molecule has 1 saturated heterocycles. The molecule has 134 valence electrons. The van der Waals surface area contributed by atoms with E-state index in [1.54, 1.807) is 0 Å². The highest BCUT2D eigenvalue weighted by molar-refractivity contribution is 7.12. The fraction of sp³-hybridized carbons (Fsp3) is 0.389. The summed E-state index contributed by atoms with van der Waals surface area (Å²) in [6, 6.07) is 9.99. The standard InChI is InChI=1S/C18H20N2O3S.ClH/c21-18(17-4-3-9-24-17)19-11-14(20-7-1-2-8-20)13-5-6-15-16(10-13)23-12-22-15;/h3-6,9-10,14H,1-2,7-8,11-12H2,(H,19,21);1H. The smallest absolute Gasteiger partial charge is 0.261 e. The molecule has 0 radical (unpaired) electrons. The van der Waals surface area contributed by atoms with Gasteiger partial charge in [-0.2, -0.15) is 0 Å². The second kappa shape index (κ2) is 8.08. The Morgan fingerprint density at radius 1 is 1.20 bits per heavy atom. The van der Waals surface area contributed by atoms with Gasteiger partial charge < -0.3 is 14.8 Å². The predicted octanol–water partition coefficient (Wildman–Crippen LogP) is 3.47. The van der Waals surface area contributed by atoms with Gasteiger partial charge in [0.1, 0.15) is 0 Å². The summed E-state index contributed by atoms with van der Waals surface area (Å²) < 4.78 is 10.9. The highest BCUT2D eigenvalue weighted by atomic mass is 35.5. The number of carbonyl (C=O) groups is 1. The van der Waals surface area contributed by atoms with Crippen molar-refractivity contribution in [2.45, 2.75) is 18.9 Å². The summed E-state index contributed by atoms with van der Waals surface area (Å²) in [6.45, 7) is 3.00. The molecule has 7 heteroatoms. The first-order valence-corrected chi connectivity index (χ1v) is 9.14. The van der Waals surface area contributed by atoms with Gasteiger partial charge >= 0.3 is 0 Å². The summed E-state index contributed by atoms with van der Waals surface area (Å²) in [4.78, 5) is 15.5. The number of ether oxygens (including phenoxy) is 2. The quantitative estimate of drug-likeness (QED) is 0.863. The molecule has 0 aliphatic carbocycles. The molecule has 0 spiro atoms. The minimum atomic E-state index is -0.00468. The minimum Gasteiger partial charge on any atom is -0.454 e. The second-order valence-corrected chi connectivity index (χ2v) is 7.01. The molecule has 5 nitrogen and oxygen atoms in total. The first-order valence-electron chi connectivity index (χ1n) is 8.26. The number of benzene rings is 1. The van der Waals surface area contributed by atoms with Crippen LogP contribution in [-0.4, -0.2) is 37.2 Å². The van der Waals surface area contributed by atoms with Gasteiger partial charge in [-0.05, 0) is 55.1 Å². The molecular formula is C18H21ClN2O3S. The molecule has 2 aliphatic heterocycles. The lowest BCUT2D eigenvalue weighted by Gasteiger charge is -2.28. The summed E-state index contributed by atoms with van der Waals surface area (Å²) in [5.41, 5.74) is 1.16. The predicted molar refractivity (Wildman–Crippen MR) is 100 cm³/mol. The molecule has 1 N–H and O–H groups in total. The molecule has 0 saturated carbocycles. The third-order valence-electron chi connectivity index (χ3n) is 4.56. The number of hydrogen-bond donors (Lipinski definition) is 1. The van der Waals surface area contributed by atoms with E-state index in [4.69, 9.17) is 9.47 Å². The Kier molecular flexibility index (Phi) is 5.83. The summed E-state index contributed by atoms with van der Waals surface area (Å²) in [5, 5.41) is 5.01. The number of nitrogens with one attached hydrogen (secondary N) is 1. The van der Waals surface area contributed by atoms with Gasteiger partial charge in [-0.3, -0.25) is 9.69 Å². The Hall–Kier alpha value is -1.76. The van der Waals surface area contributed by atoms with E-state index in [9.17, 15) is 4.79 Å². The van der Waals surface area contributed by atoms with Gasteiger partial charge in [0.15, 0.2) is 11.5 Å². The summed E-state index contributed by atoms with van der Waals surface area (Å²) >= 11 is 1.46. The largest absolute Gasteiger partial charge is 0.454 e. The molecule has 1 atom stereocenters. The van der Waals surface area contributed by atoms with Crippen LogP contribution >= 0.6 is 23.7 Å². The molecule has 1 amide bonds. The molecule has 1 unspecified atom stereocenters. The Morgan fingerprint density at radius 2 is 2.00 bits per heavy atom. The van der Waals surface area contributed by atoms with E-state index in [1.165, 1.54) is 24.2 Å². The number of nitrogens with zero attached hydrogens (tertiary/aromatic N) is 1. The van der Waals surface area contributed by atoms with E-state index in [1.807, 2.05) is 29.6 Å². The molecule has 2 aliphatic rings. The second-order valence-electron chi connectivity index (χ2n) is 6.06. The first kappa shape index (κ1) is 18.0. The number of fused-ring (bicyclic) bond motifs is 1. The van der Waals surface area contributed by atoms with Crippen molar-refractivity contribution in [2.24, 2.45) is 0 Å². The zero-order valence-corrected chi connectivity index (χ0v) is 15.4. The van der Waals surface area contributed by atoms with E-state index < -0.39 is 0 Å². The number of thiophene rings is 1. The lowest BCUT2D eigenvalue weighted by molar-refractivity contribution is 0.0942. The van der Waals surface area contributed by atoms with Crippen LogP contribution in [-0.2, 0) is 0 Å². The van der Waals surface area contributed by atoms with Crippen molar-refractivity contribution in [1.82, 2.24) is 10.2 Å². The molecule has 25 heavy (non-hydrogen) atoms. The SMILES string of the molecule is Cl.O=C(NCC(c1ccc2c(c1)OCO2)N1CCCC1)c1cccs1. The van der Waals surface area contributed by atoms with Crippen LogP contribution in [0.4, 0.5) is 0 Å². The lowest BCUT2D eigenvalue weighted by atomic mass is 10.0. The average Bonchev–Trinajstić information content (AvgIpc) is 3.35. The molecule has 2 aromatic rings. The Morgan fingerprint density at radius 3 is 2.76 bits per heavy atom. The van der Waals surface area contributed by atoms with Crippen molar-refractivity contribution in [3.8, 4) is 11.5 Å². The molecule has 3 heterocycles. The van der Waals surface area contributed by atoms with Crippen LogP contribution in [0.15, 0.2) is 35.7 Å². The van der Waals surface area contributed by atoms with Crippen molar-refractivity contribution >= 4 is 29.7 Å². The summed E-state index contributed by atoms with van der Waals surface area (Å²) in [6.07, 6.45) is 2.42. The normalized spacial score (nSPS) is 17.1. The maximum Gasteiger partial charge on any atom is 0.261 e. The molecule has 0 bridgehead atoms. The Balaban J connectivity index is 0.00000182. The van der Waals surface area contributed by atoms with Gasteiger partial charge in [0.2, 0.25) is 6.79 Å². The van der Waals surface area contributed by atoms with E-state index in [0.29, 0.717) is 6.54 Å².